The first-order valence-corrected chi connectivity index (χ1v) is 9.09. The molecule has 1 fully saturated rings. The standard InChI is InChI=1S/C21H20O8/c22-10-16-18(24)19(25)20(26)21(29-16)28-14-8-4-7-13-17(14)12(23)9-15(27-13)11-5-2-1-3-6-11/h1-9,16,18-22,24-26H,10H2/t16-,18-,19+,20-,21-/m1/s1. The summed E-state index contributed by atoms with van der Waals surface area (Å²) in [6.45, 7) is -0.580. The second-order valence-electron chi connectivity index (χ2n) is 6.79. The Labute approximate surface area is 165 Å². The maximum atomic E-state index is 12.8. The molecule has 0 bridgehead atoms. The van der Waals surface area contributed by atoms with E-state index in [4.69, 9.17) is 13.9 Å². The van der Waals surface area contributed by atoms with Gasteiger partial charge in [0.05, 0.1) is 6.61 Å². The van der Waals surface area contributed by atoms with Crippen LogP contribution in [0.5, 0.6) is 5.75 Å². The lowest BCUT2D eigenvalue weighted by Gasteiger charge is -2.39. The topological polar surface area (TPSA) is 130 Å². The molecule has 0 radical (unpaired) electrons. The molecule has 0 amide bonds. The molecule has 3 aromatic rings. The van der Waals surface area contributed by atoms with E-state index in [0.29, 0.717) is 5.76 Å². The van der Waals surface area contributed by atoms with Gasteiger partial charge in [0.1, 0.15) is 46.9 Å². The molecule has 4 rings (SSSR count). The normalized spacial score (nSPS) is 27.1. The van der Waals surface area contributed by atoms with Gasteiger partial charge in [-0.2, -0.15) is 0 Å². The van der Waals surface area contributed by atoms with E-state index >= 15 is 0 Å². The van der Waals surface area contributed by atoms with Gasteiger partial charge >= 0.3 is 0 Å². The largest absolute Gasteiger partial charge is 0.461 e. The van der Waals surface area contributed by atoms with E-state index in [-0.39, 0.29) is 22.1 Å². The minimum atomic E-state index is -1.58. The first kappa shape index (κ1) is 19.6. The molecule has 0 unspecified atom stereocenters. The third-order valence-corrected chi connectivity index (χ3v) is 4.87. The number of hydrogen-bond acceptors (Lipinski definition) is 8. The average Bonchev–Trinajstić information content (AvgIpc) is 2.74. The number of benzene rings is 2. The first-order valence-electron chi connectivity index (χ1n) is 9.09. The second-order valence-corrected chi connectivity index (χ2v) is 6.79. The van der Waals surface area contributed by atoms with Crippen LogP contribution in [0.15, 0.2) is 63.8 Å². The van der Waals surface area contributed by atoms with Crippen molar-refractivity contribution in [2.45, 2.75) is 30.7 Å². The van der Waals surface area contributed by atoms with Crippen LogP contribution in [0.1, 0.15) is 0 Å². The lowest BCUT2D eigenvalue weighted by Crippen LogP contribution is -2.60. The predicted molar refractivity (Wildman–Crippen MR) is 102 cm³/mol. The Kier molecular flexibility index (Phi) is 5.35. The number of rotatable bonds is 4. The van der Waals surface area contributed by atoms with Crippen LogP contribution >= 0.6 is 0 Å². The summed E-state index contributed by atoms with van der Waals surface area (Å²) in [5.41, 5.74) is 0.662. The molecule has 29 heavy (non-hydrogen) atoms. The summed E-state index contributed by atoms with van der Waals surface area (Å²) in [5, 5.41) is 39.4. The van der Waals surface area contributed by atoms with Crippen LogP contribution in [0, 0.1) is 0 Å². The lowest BCUT2D eigenvalue weighted by atomic mass is 9.99. The fraction of sp³-hybridized carbons (Fsp3) is 0.286. The average molecular weight is 400 g/mol. The fourth-order valence-corrected chi connectivity index (χ4v) is 3.31. The van der Waals surface area contributed by atoms with Crippen LogP contribution < -0.4 is 10.2 Å². The molecule has 1 aliphatic rings. The zero-order chi connectivity index (χ0) is 20.5. The van der Waals surface area contributed by atoms with Crippen molar-refractivity contribution in [3.63, 3.8) is 0 Å². The van der Waals surface area contributed by atoms with E-state index in [9.17, 15) is 25.2 Å². The van der Waals surface area contributed by atoms with Gasteiger partial charge in [0.25, 0.3) is 0 Å². The maximum Gasteiger partial charge on any atom is 0.229 e. The smallest absolute Gasteiger partial charge is 0.229 e. The van der Waals surface area contributed by atoms with Gasteiger partial charge in [-0.05, 0) is 12.1 Å². The van der Waals surface area contributed by atoms with Crippen molar-refractivity contribution < 1.29 is 34.3 Å². The molecule has 1 aromatic heterocycles. The van der Waals surface area contributed by atoms with E-state index in [1.165, 1.54) is 12.1 Å². The Hall–Kier alpha value is -2.75. The van der Waals surface area contributed by atoms with E-state index in [2.05, 4.69) is 0 Å². The molecule has 5 atom stereocenters. The number of ether oxygens (including phenoxy) is 2. The summed E-state index contributed by atoms with van der Waals surface area (Å²) in [6, 6.07) is 15.2. The minimum absolute atomic E-state index is 0.0835. The van der Waals surface area contributed by atoms with Crippen LogP contribution in [0.4, 0.5) is 0 Å². The molecule has 1 saturated heterocycles. The van der Waals surface area contributed by atoms with Crippen molar-refractivity contribution in [1.29, 1.82) is 0 Å². The molecule has 152 valence electrons. The van der Waals surface area contributed by atoms with Crippen LogP contribution in [0.2, 0.25) is 0 Å². The molecule has 0 aliphatic carbocycles. The molecule has 0 spiro atoms. The van der Waals surface area contributed by atoms with Gasteiger partial charge in [-0.1, -0.05) is 36.4 Å². The third-order valence-electron chi connectivity index (χ3n) is 4.87. The first-order chi connectivity index (χ1) is 14.0. The molecule has 2 aromatic carbocycles. The monoisotopic (exact) mass is 400 g/mol. The summed E-state index contributed by atoms with van der Waals surface area (Å²) in [4.78, 5) is 12.8. The van der Waals surface area contributed by atoms with Crippen LogP contribution in [0.25, 0.3) is 22.3 Å². The molecular formula is C21H20O8. The van der Waals surface area contributed by atoms with E-state index in [1.54, 1.807) is 12.1 Å². The van der Waals surface area contributed by atoms with Crippen LogP contribution in [-0.4, -0.2) is 57.7 Å². The predicted octanol–water partition coefficient (Wildman–Crippen LogP) is 0.639. The van der Waals surface area contributed by atoms with Crippen LogP contribution in [-0.2, 0) is 4.74 Å². The maximum absolute atomic E-state index is 12.8. The summed E-state index contributed by atoms with van der Waals surface area (Å²) in [6.07, 6.45) is -7.18. The number of aliphatic hydroxyl groups is 4. The molecular weight excluding hydrogens is 380 g/mol. The highest BCUT2D eigenvalue weighted by Gasteiger charge is 2.44. The summed E-state index contributed by atoms with van der Waals surface area (Å²) in [5.74, 6) is 0.480. The quantitative estimate of drug-likeness (QED) is 0.502. The van der Waals surface area contributed by atoms with Gasteiger partial charge in [0.15, 0.2) is 5.43 Å². The molecule has 8 heteroatoms. The number of fused-ring (bicyclic) bond motifs is 1. The highest BCUT2D eigenvalue weighted by atomic mass is 16.7. The Morgan fingerprint density at radius 2 is 1.69 bits per heavy atom. The molecule has 2 heterocycles. The van der Waals surface area contributed by atoms with Crippen molar-refractivity contribution in [3.05, 3.63) is 64.8 Å². The Bertz CT molecular complexity index is 1050. The van der Waals surface area contributed by atoms with Gasteiger partial charge in [-0.25, -0.2) is 0 Å². The zero-order valence-corrected chi connectivity index (χ0v) is 15.2. The van der Waals surface area contributed by atoms with E-state index in [0.717, 1.165) is 5.56 Å². The van der Waals surface area contributed by atoms with Gasteiger partial charge in [-0.3, -0.25) is 4.79 Å². The van der Waals surface area contributed by atoms with E-state index < -0.39 is 37.3 Å². The van der Waals surface area contributed by atoms with E-state index in [1.807, 2.05) is 30.3 Å². The third kappa shape index (κ3) is 3.64. The Morgan fingerprint density at radius 1 is 0.931 bits per heavy atom. The summed E-state index contributed by atoms with van der Waals surface area (Å²) in [7, 11) is 0. The lowest BCUT2D eigenvalue weighted by molar-refractivity contribution is -0.277. The molecule has 1 aliphatic heterocycles. The molecule has 0 saturated carbocycles. The van der Waals surface area contributed by atoms with Gasteiger partial charge < -0.3 is 34.3 Å². The fourth-order valence-electron chi connectivity index (χ4n) is 3.31. The molecule has 8 nitrogen and oxygen atoms in total. The van der Waals surface area contributed by atoms with Crippen molar-refractivity contribution in [2.24, 2.45) is 0 Å². The highest BCUT2D eigenvalue weighted by molar-refractivity contribution is 5.84. The van der Waals surface area contributed by atoms with Crippen molar-refractivity contribution in [2.75, 3.05) is 6.61 Å². The van der Waals surface area contributed by atoms with Gasteiger partial charge in [-0.15, -0.1) is 0 Å². The van der Waals surface area contributed by atoms with Crippen LogP contribution in [0.3, 0.4) is 0 Å². The molecule has 4 N–H and O–H groups in total. The van der Waals surface area contributed by atoms with Crippen molar-refractivity contribution in [3.8, 4) is 17.1 Å². The number of hydrogen-bond donors (Lipinski definition) is 4. The highest BCUT2D eigenvalue weighted by Crippen LogP contribution is 2.30. The second kappa shape index (κ2) is 7.94. The Morgan fingerprint density at radius 3 is 2.41 bits per heavy atom. The Balaban J connectivity index is 1.71. The van der Waals surface area contributed by atoms with Crippen molar-refractivity contribution >= 4 is 11.0 Å². The zero-order valence-electron chi connectivity index (χ0n) is 15.2. The number of aliphatic hydroxyl groups excluding tert-OH is 4. The summed E-state index contributed by atoms with van der Waals surface area (Å²) >= 11 is 0. The summed E-state index contributed by atoms with van der Waals surface area (Å²) < 4.78 is 16.8. The van der Waals surface area contributed by atoms with Gasteiger partial charge in [0, 0.05) is 11.6 Å². The van der Waals surface area contributed by atoms with Crippen molar-refractivity contribution in [1.82, 2.24) is 0 Å². The van der Waals surface area contributed by atoms with Gasteiger partial charge in [0.2, 0.25) is 6.29 Å². The SMILES string of the molecule is O=c1cc(-c2ccccc2)oc2cccc(O[C@@H]3O[C@H](CO)[C@@H](O)[C@H](O)[C@H]3O)c12. The minimum Gasteiger partial charge on any atom is -0.461 e.